The van der Waals surface area contributed by atoms with Crippen molar-refractivity contribution in [3.05, 3.63) is 45.3 Å². The average Bonchev–Trinajstić information content (AvgIpc) is 3.02. The first-order valence-electron chi connectivity index (χ1n) is 10.2. The van der Waals surface area contributed by atoms with Gasteiger partial charge in [-0.1, -0.05) is 20.8 Å². The Morgan fingerprint density at radius 3 is 2.52 bits per heavy atom. The molecule has 0 amide bonds. The van der Waals surface area contributed by atoms with Crippen LogP contribution >= 0.6 is 15.9 Å². The van der Waals surface area contributed by atoms with Crippen molar-refractivity contribution in [2.45, 2.75) is 59.5 Å². The molecule has 3 rings (SSSR count). The maximum absolute atomic E-state index is 6.09. The van der Waals surface area contributed by atoms with E-state index in [1.165, 1.54) is 5.56 Å². The van der Waals surface area contributed by atoms with Crippen molar-refractivity contribution in [3.63, 3.8) is 0 Å². The summed E-state index contributed by atoms with van der Waals surface area (Å²) in [5, 5.41) is 0. The summed E-state index contributed by atoms with van der Waals surface area (Å²) >= 11 is 3.71. The van der Waals surface area contributed by atoms with Crippen LogP contribution in [0.2, 0.25) is 0 Å². The molecule has 0 saturated carbocycles. The standard InChI is InChI=1S/C23H31BrN4O/c1-7-16-8-20-22(14(4)11-28(20)15(5)12-29-6)27-23(16)17-9-18(24)21(13(2)3)26-19(17)10-25/h8-9,11,13,15H,7,10,12,25H2,1-6H3/t15-/m1/s1. The van der Waals surface area contributed by atoms with Crippen LogP contribution < -0.4 is 5.73 Å². The molecule has 3 aromatic rings. The Balaban J connectivity index is 2.26. The van der Waals surface area contributed by atoms with E-state index in [2.05, 4.69) is 73.4 Å². The molecule has 156 valence electrons. The second-order valence-corrected chi connectivity index (χ2v) is 8.80. The van der Waals surface area contributed by atoms with Crippen molar-refractivity contribution in [2.24, 2.45) is 5.73 Å². The molecule has 0 spiro atoms. The van der Waals surface area contributed by atoms with Gasteiger partial charge >= 0.3 is 0 Å². The first-order chi connectivity index (χ1) is 13.8. The minimum atomic E-state index is 0.245. The van der Waals surface area contributed by atoms with E-state index in [0.29, 0.717) is 19.1 Å². The van der Waals surface area contributed by atoms with Crippen molar-refractivity contribution < 1.29 is 4.74 Å². The number of aryl methyl sites for hydroxylation is 2. The van der Waals surface area contributed by atoms with E-state index in [-0.39, 0.29) is 6.04 Å². The van der Waals surface area contributed by atoms with Gasteiger partial charge in [-0.15, -0.1) is 0 Å². The molecule has 0 fully saturated rings. The highest BCUT2D eigenvalue weighted by molar-refractivity contribution is 9.10. The number of nitrogens with zero attached hydrogens (tertiary/aromatic N) is 3. The predicted octanol–water partition coefficient (Wildman–Crippen LogP) is 5.52. The molecule has 0 aromatic carbocycles. The lowest BCUT2D eigenvalue weighted by atomic mass is 9.99. The number of halogens is 1. The number of nitrogens with two attached hydrogens (primary N) is 1. The lowest BCUT2D eigenvalue weighted by Gasteiger charge is -2.17. The summed E-state index contributed by atoms with van der Waals surface area (Å²) in [5.41, 5.74) is 14.5. The van der Waals surface area contributed by atoms with Gasteiger partial charge in [-0.05, 0) is 65.4 Å². The van der Waals surface area contributed by atoms with E-state index in [1.807, 2.05) is 0 Å². The topological polar surface area (TPSA) is 66.0 Å². The Kier molecular flexibility index (Phi) is 6.76. The first-order valence-corrected chi connectivity index (χ1v) is 11.0. The minimum absolute atomic E-state index is 0.245. The zero-order valence-corrected chi connectivity index (χ0v) is 19.8. The monoisotopic (exact) mass is 458 g/mol. The average molecular weight is 459 g/mol. The highest BCUT2D eigenvalue weighted by Crippen LogP contribution is 2.35. The predicted molar refractivity (Wildman–Crippen MR) is 123 cm³/mol. The van der Waals surface area contributed by atoms with Crippen LogP contribution in [0.25, 0.3) is 22.3 Å². The molecule has 0 aliphatic heterocycles. The van der Waals surface area contributed by atoms with Crippen molar-refractivity contribution in [3.8, 4) is 11.3 Å². The minimum Gasteiger partial charge on any atom is -0.383 e. The smallest absolute Gasteiger partial charge is 0.0917 e. The fraction of sp³-hybridized carbons (Fsp3) is 0.478. The number of ether oxygens (including phenoxy) is 1. The maximum Gasteiger partial charge on any atom is 0.0917 e. The number of hydrogen-bond donors (Lipinski definition) is 1. The molecule has 0 bridgehead atoms. The molecular formula is C23H31BrN4O. The van der Waals surface area contributed by atoms with Gasteiger partial charge in [-0.2, -0.15) is 0 Å². The van der Waals surface area contributed by atoms with Gasteiger partial charge in [0.15, 0.2) is 0 Å². The number of hydrogen-bond acceptors (Lipinski definition) is 4. The molecule has 3 aromatic heterocycles. The van der Waals surface area contributed by atoms with E-state index < -0.39 is 0 Å². The lowest BCUT2D eigenvalue weighted by Crippen LogP contribution is -2.10. The van der Waals surface area contributed by atoms with E-state index >= 15 is 0 Å². The van der Waals surface area contributed by atoms with Gasteiger partial charge in [0.25, 0.3) is 0 Å². The van der Waals surface area contributed by atoms with Gasteiger partial charge in [0, 0.05) is 29.9 Å². The van der Waals surface area contributed by atoms with Crippen LogP contribution in [0.15, 0.2) is 22.8 Å². The van der Waals surface area contributed by atoms with E-state index in [9.17, 15) is 0 Å². The van der Waals surface area contributed by atoms with Gasteiger partial charge < -0.3 is 15.0 Å². The quantitative estimate of drug-likeness (QED) is 0.505. The SMILES string of the molecule is CCc1cc2c(nc1-c1cc(Br)c(C(C)C)nc1CN)c(C)cn2[C@H](C)COC. The molecule has 0 saturated heterocycles. The van der Waals surface area contributed by atoms with Crippen LogP contribution in [-0.2, 0) is 17.7 Å². The summed E-state index contributed by atoms with van der Waals surface area (Å²) in [4.78, 5) is 9.99. The molecule has 3 heterocycles. The van der Waals surface area contributed by atoms with E-state index in [4.69, 9.17) is 20.4 Å². The molecule has 0 aliphatic rings. The van der Waals surface area contributed by atoms with Gasteiger partial charge in [0.05, 0.1) is 40.8 Å². The molecule has 0 aliphatic carbocycles. The molecule has 1 atom stereocenters. The van der Waals surface area contributed by atoms with Crippen molar-refractivity contribution >= 4 is 27.0 Å². The summed E-state index contributed by atoms with van der Waals surface area (Å²) in [5.74, 6) is 0.323. The van der Waals surface area contributed by atoms with Crippen LogP contribution in [-0.4, -0.2) is 28.3 Å². The number of methoxy groups -OCH3 is 1. The third-order valence-electron chi connectivity index (χ3n) is 5.41. The first kappa shape index (κ1) is 21.9. The normalized spacial score (nSPS) is 12.9. The van der Waals surface area contributed by atoms with Crippen molar-refractivity contribution in [1.29, 1.82) is 0 Å². The third kappa shape index (κ3) is 4.11. The fourth-order valence-corrected chi connectivity index (χ4v) is 4.64. The number of pyridine rings is 2. The highest BCUT2D eigenvalue weighted by atomic mass is 79.9. The molecule has 6 heteroatoms. The zero-order valence-electron chi connectivity index (χ0n) is 18.2. The lowest BCUT2D eigenvalue weighted by molar-refractivity contribution is 0.164. The summed E-state index contributed by atoms with van der Waals surface area (Å²) in [7, 11) is 1.74. The number of rotatable bonds is 7. The van der Waals surface area contributed by atoms with Crippen LogP contribution in [0.4, 0.5) is 0 Å². The molecular weight excluding hydrogens is 428 g/mol. The Morgan fingerprint density at radius 2 is 1.93 bits per heavy atom. The highest BCUT2D eigenvalue weighted by Gasteiger charge is 2.20. The maximum atomic E-state index is 6.09. The summed E-state index contributed by atoms with van der Waals surface area (Å²) in [6, 6.07) is 4.65. The largest absolute Gasteiger partial charge is 0.383 e. The van der Waals surface area contributed by atoms with Crippen molar-refractivity contribution in [2.75, 3.05) is 13.7 Å². The van der Waals surface area contributed by atoms with Crippen LogP contribution in [0, 0.1) is 6.92 Å². The molecule has 5 nitrogen and oxygen atoms in total. The van der Waals surface area contributed by atoms with Crippen LogP contribution in [0.1, 0.15) is 62.2 Å². The second-order valence-electron chi connectivity index (χ2n) is 7.95. The van der Waals surface area contributed by atoms with Crippen LogP contribution in [0.3, 0.4) is 0 Å². The number of fused-ring (bicyclic) bond motifs is 1. The van der Waals surface area contributed by atoms with Gasteiger partial charge in [-0.3, -0.25) is 4.98 Å². The van der Waals surface area contributed by atoms with Gasteiger partial charge in [-0.25, -0.2) is 4.98 Å². The fourth-order valence-electron chi connectivity index (χ4n) is 3.87. The Labute approximate surface area is 181 Å². The Bertz CT molecular complexity index is 1030. The molecule has 0 radical (unpaired) electrons. The summed E-state index contributed by atoms with van der Waals surface area (Å²) in [6.45, 7) is 11.8. The third-order valence-corrected chi connectivity index (χ3v) is 6.04. The second kappa shape index (κ2) is 8.94. The van der Waals surface area contributed by atoms with Gasteiger partial charge in [0.2, 0.25) is 0 Å². The molecule has 0 unspecified atom stereocenters. The Morgan fingerprint density at radius 1 is 1.21 bits per heavy atom. The van der Waals surface area contributed by atoms with Crippen molar-refractivity contribution in [1.82, 2.24) is 14.5 Å². The zero-order chi connectivity index (χ0) is 21.3. The number of aromatic nitrogens is 3. The summed E-state index contributed by atoms with van der Waals surface area (Å²) in [6.07, 6.45) is 3.05. The molecule has 29 heavy (non-hydrogen) atoms. The Hall–Kier alpha value is -1.76. The van der Waals surface area contributed by atoms with Crippen LogP contribution in [0.5, 0.6) is 0 Å². The van der Waals surface area contributed by atoms with E-state index in [0.717, 1.165) is 50.1 Å². The van der Waals surface area contributed by atoms with Gasteiger partial charge in [0.1, 0.15) is 0 Å². The summed E-state index contributed by atoms with van der Waals surface area (Å²) < 4.78 is 8.65. The molecule has 2 N–H and O–H groups in total. The van der Waals surface area contributed by atoms with E-state index in [1.54, 1.807) is 7.11 Å².